The molecular weight excluding hydrogens is 224 g/mol. The summed E-state index contributed by atoms with van der Waals surface area (Å²) in [5, 5.41) is 3.00. The smallest absolute Gasteiger partial charge is 0.237 e. The van der Waals surface area contributed by atoms with Crippen LogP contribution in [-0.4, -0.2) is 18.0 Å². The Kier molecular flexibility index (Phi) is 2.92. The number of nitrogens with one attached hydrogen (secondary N) is 1. The van der Waals surface area contributed by atoms with E-state index in [1.165, 1.54) is 38.5 Å². The van der Waals surface area contributed by atoms with E-state index in [1.807, 2.05) is 13.8 Å². The summed E-state index contributed by atoms with van der Waals surface area (Å²) in [6.45, 7) is 4.01. The molecule has 0 spiro atoms. The van der Waals surface area contributed by atoms with Crippen LogP contribution in [0.4, 0.5) is 0 Å². The third-order valence-corrected chi connectivity index (χ3v) is 5.46. The molecule has 0 aromatic carbocycles. The van der Waals surface area contributed by atoms with Crippen LogP contribution in [0.3, 0.4) is 0 Å². The minimum absolute atomic E-state index is 0.0759. The topological polar surface area (TPSA) is 55.1 Å². The molecule has 4 fully saturated rings. The lowest BCUT2D eigenvalue weighted by atomic mass is 9.47. The van der Waals surface area contributed by atoms with Crippen LogP contribution in [0.5, 0.6) is 0 Å². The minimum Gasteiger partial charge on any atom is -0.353 e. The van der Waals surface area contributed by atoms with Crippen LogP contribution < -0.4 is 11.1 Å². The van der Waals surface area contributed by atoms with E-state index in [0.29, 0.717) is 0 Å². The van der Waals surface area contributed by atoms with E-state index in [-0.39, 0.29) is 23.4 Å². The molecular formula is C15H26N2O. The van der Waals surface area contributed by atoms with Crippen LogP contribution in [0.1, 0.15) is 52.4 Å². The Hall–Kier alpha value is -0.570. The van der Waals surface area contributed by atoms with Crippen molar-refractivity contribution in [2.75, 3.05) is 0 Å². The third kappa shape index (κ3) is 1.97. The van der Waals surface area contributed by atoms with Gasteiger partial charge in [0.2, 0.25) is 5.91 Å². The van der Waals surface area contributed by atoms with Crippen LogP contribution in [0.25, 0.3) is 0 Å². The first kappa shape index (κ1) is 12.5. The van der Waals surface area contributed by atoms with Crippen molar-refractivity contribution in [1.82, 2.24) is 5.32 Å². The first-order valence-corrected chi connectivity index (χ1v) is 7.54. The maximum absolute atomic E-state index is 12.2. The highest BCUT2D eigenvalue weighted by Crippen LogP contribution is 2.60. The quantitative estimate of drug-likeness (QED) is 0.805. The second-order valence-electron chi connectivity index (χ2n) is 7.42. The van der Waals surface area contributed by atoms with E-state index in [2.05, 4.69) is 5.32 Å². The van der Waals surface area contributed by atoms with Crippen molar-refractivity contribution < 1.29 is 4.79 Å². The van der Waals surface area contributed by atoms with Crippen molar-refractivity contribution in [3.8, 4) is 0 Å². The summed E-state index contributed by atoms with van der Waals surface area (Å²) in [4.78, 5) is 12.2. The van der Waals surface area contributed by atoms with Crippen molar-refractivity contribution in [1.29, 1.82) is 0 Å². The first-order chi connectivity index (χ1) is 8.48. The number of hydrogen-bond donors (Lipinski definition) is 2. The minimum atomic E-state index is -0.284. The van der Waals surface area contributed by atoms with Gasteiger partial charge in [-0.2, -0.15) is 0 Å². The molecule has 0 aromatic heterocycles. The predicted octanol–water partition coefficient (Wildman–Crippen LogP) is 2.05. The van der Waals surface area contributed by atoms with E-state index in [1.54, 1.807) is 0 Å². The van der Waals surface area contributed by atoms with Crippen molar-refractivity contribution >= 4 is 5.91 Å². The maximum Gasteiger partial charge on any atom is 0.237 e. The van der Waals surface area contributed by atoms with E-state index >= 15 is 0 Å². The van der Waals surface area contributed by atoms with Crippen LogP contribution in [0, 0.1) is 23.2 Å². The Bertz CT molecular complexity index is 315. The molecule has 0 radical (unpaired) electrons. The van der Waals surface area contributed by atoms with Gasteiger partial charge in [-0.3, -0.25) is 4.79 Å². The summed E-state index contributed by atoms with van der Waals surface area (Å²) in [5.41, 5.74) is 6.49. The van der Waals surface area contributed by atoms with Crippen molar-refractivity contribution in [2.24, 2.45) is 28.9 Å². The number of carbonyl (C=O) groups excluding carboxylic acids is 1. The number of amides is 1. The predicted molar refractivity (Wildman–Crippen MR) is 71.9 cm³/mol. The molecule has 3 nitrogen and oxygen atoms in total. The Morgan fingerprint density at radius 2 is 1.56 bits per heavy atom. The lowest BCUT2D eigenvalue weighted by Gasteiger charge is -2.58. The summed E-state index contributed by atoms with van der Waals surface area (Å²) in [5.74, 6) is 2.64. The molecule has 4 aliphatic carbocycles. The van der Waals surface area contributed by atoms with E-state index in [0.717, 1.165) is 17.8 Å². The number of rotatable bonds is 3. The molecule has 0 aliphatic heterocycles. The van der Waals surface area contributed by atoms with Gasteiger partial charge in [0.1, 0.15) is 0 Å². The molecule has 18 heavy (non-hydrogen) atoms. The SMILES string of the molecule is CC(C)NC(=O)C(N)C12CC3CC(CC(C3)C1)C2. The molecule has 3 heteroatoms. The van der Waals surface area contributed by atoms with E-state index < -0.39 is 0 Å². The van der Waals surface area contributed by atoms with E-state index in [9.17, 15) is 4.79 Å². The van der Waals surface area contributed by atoms with Gasteiger partial charge in [-0.05, 0) is 75.5 Å². The summed E-state index contributed by atoms with van der Waals surface area (Å²) < 4.78 is 0. The second-order valence-corrected chi connectivity index (χ2v) is 7.42. The highest BCUT2D eigenvalue weighted by Gasteiger charge is 2.54. The number of carbonyl (C=O) groups is 1. The molecule has 0 saturated heterocycles. The molecule has 0 aromatic rings. The van der Waals surface area contributed by atoms with Crippen molar-refractivity contribution in [3.05, 3.63) is 0 Å². The van der Waals surface area contributed by atoms with Gasteiger partial charge in [0.25, 0.3) is 0 Å². The summed E-state index contributed by atoms with van der Waals surface area (Å²) >= 11 is 0. The average molecular weight is 250 g/mol. The van der Waals surface area contributed by atoms with Crippen LogP contribution in [-0.2, 0) is 4.79 Å². The second kappa shape index (κ2) is 4.22. The highest BCUT2D eigenvalue weighted by atomic mass is 16.2. The maximum atomic E-state index is 12.2. The fourth-order valence-electron chi connectivity index (χ4n) is 5.21. The largest absolute Gasteiger partial charge is 0.353 e. The molecule has 3 N–H and O–H groups in total. The van der Waals surface area contributed by atoms with Crippen molar-refractivity contribution in [3.63, 3.8) is 0 Å². The van der Waals surface area contributed by atoms with Gasteiger partial charge >= 0.3 is 0 Å². The molecule has 4 rings (SSSR count). The lowest BCUT2D eigenvalue weighted by molar-refractivity contribution is -0.133. The number of hydrogen-bond acceptors (Lipinski definition) is 2. The Morgan fingerprint density at radius 1 is 1.11 bits per heavy atom. The molecule has 102 valence electrons. The summed E-state index contributed by atoms with van der Waals surface area (Å²) in [7, 11) is 0. The van der Waals surface area contributed by atoms with Gasteiger partial charge < -0.3 is 11.1 Å². The number of nitrogens with two attached hydrogens (primary N) is 1. The average Bonchev–Trinajstić information content (AvgIpc) is 2.25. The zero-order valence-corrected chi connectivity index (χ0v) is 11.6. The zero-order chi connectivity index (χ0) is 12.9. The Balaban J connectivity index is 1.76. The van der Waals surface area contributed by atoms with Crippen molar-refractivity contribution in [2.45, 2.75) is 64.5 Å². The standard InChI is InChI=1S/C15H26N2O/c1-9(2)17-14(18)13(16)15-6-10-3-11(7-15)5-12(4-10)8-15/h9-13H,3-8,16H2,1-2H3,(H,17,18). The van der Waals surface area contributed by atoms with Gasteiger partial charge in [0.15, 0.2) is 0 Å². The normalized spacial score (nSPS) is 43.2. The highest BCUT2D eigenvalue weighted by molar-refractivity contribution is 5.82. The van der Waals surface area contributed by atoms with Gasteiger partial charge in [-0.25, -0.2) is 0 Å². The molecule has 4 saturated carbocycles. The summed E-state index contributed by atoms with van der Waals surface area (Å²) in [6, 6.07) is -0.0919. The fraction of sp³-hybridized carbons (Fsp3) is 0.933. The van der Waals surface area contributed by atoms with Gasteiger partial charge in [-0.1, -0.05) is 0 Å². The molecule has 1 atom stereocenters. The third-order valence-electron chi connectivity index (χ3n) is 5.46. The molecule has 4 aliphatic rings. The summed E-state index contributed by atoms with van der Waals surface area (Å²) in [6.07, 6.45) is 7.80. The van der Waals surface area contributed by atoms with Gasteiger partial charge in [0.05, 0.1) is 6.04 Å². The van der Waals surface area contributed by atoms with E-state index in [4.69, 9.17) is 5.73 Å². The van der Waals surface area contributed by atoms with Crippen LogP contribution in [0.15, 0.2) is 0 Å². The zero-order valence-electron chi connectivity index (χ0n) is 11.6. The van der Waals surface area contributed by atoms with Crippen LogP contribution >= 0.6 is 0 Å². The molecule has 1 unspecified atom stereocenters. The Labute approximate surface area is 110 Å². The lowest BCUT2D eigenvalue weighted by Crippen LogP contribution is -2.60. The van der Waals surface area contributed by atoms with Gasteiger partial charge in [-0.15, -0.1) is 0 Å². The monoisotopic (exact) mass is 250 g/mol. The fourth-order valence-corrected chi connectivity index (χ4v) is 5.21. The Morgan fingerprint density at radius 3 is 1.94 bits per heavy atom. The molecule has 4 bridgehead atoms. The van der Waals surface area contributed by atoms with Gasteiger partial charge in [0, 0.05) is 6.04 Å². The first-order valence-electron chi connectivity index (χ1n) is 7.54. The van der Waals surface area contributed by atoms with Crippen LogP contribution in [0.2, 0.25) is 0 Å². The molecule has 1 amide bonds. The molecule has 0 heterocycles.